The molecule has 0 spiro atoms. The average molecular weight is 250 g/mol. The maximum Gasteiger partial charge on any atom is 0.333 e. The number of carbonyl (C=O) groups excluding carboxylic acids is 1. The summed E-state index contributed by atoms with van der Waals surface area (Å²) in [7, 11) is -3.01. The first kappa shape index (κ1) is 15.4. The van der Waals surface area contributed by atoms with Gasteiger partial charge in [-0.3, -0.25) is 4.57 Å². The summed E-state index contributed by atoms with van der Waals surface area (Å²) >= 11 is 0. The lowest BCUT2D eigenvalue weighted by Gasteiger charge is -2.30. The molecule has 0 radical (unpaired) electrons. The molecule has 0 aromatic heterocycles. The Morgan fingerprint density at radius 2 is 1.94 bits per heavy atom. The minimum Gasteiger partial charge on any atom is -0.453 e. The molecule has 0 rings (SSSR count). The highest BCUT2D eigenvalue weighted by molar-refractivity contribution is 7.32. The Labute approximate surface area is 96.4 Å². The molecule has 5 nitrogen and oxygen atoms in total. The molecule has 0 heterocycles. The van der Waals surface area contributed by atoms with Crippen molar-refractivity contribution in [3.63, 3.8) is 0 Å². The second-order valence-electron chi connectivity index (χ2n) is 3.61. The van der Waals surface area contributed by atoms with Gasteiger partial charge < -0.3 is 14.2 Å². The summed E-state index contributed by atoms with van der Waals surface area (Å²) in [6.07, 6.45) is 1.02. The third-order valence-electron chi connectivity index (χ3n) is 2.41. The maximum atomic E-state index is 11.4. The molecule has 0 aliphatic rings. The standard InChI is InChI=1S/C10H19O5P/c1-5-10(6-2,7-14-16(12)13)15-9(11)8(3)4/h16H,3,5-7H2,1-2,4H3,(H,12,13). The van der Waals surface area contributed by atoms with E-state index < -0.39 is 19.8 Å². The molecule has 94 valence electrons. The lowest BCUT2D eigenvalue weighted by molar-refractivity contribution is -0.159. The largest absolute Gasteiger partial charge is 0.453 e. The number of hydrogen-bond donors (Lipinski definition) is 1. The highest BCUT2D eigenvalue weighted by atomic mass is 31.1. The van der Waals surface area contributed by atoms with Crippen molar-refractivity contribution in [3.05, 3.63) is 12.2 Å². The Hall–Kier alpha value is -0.640. The predicted octanol–water partition coefficient (Wildman–Crippen LogP) is 2.06. The van der Waals surface area contributed by atoms with E-state index in [1.807, 2.05) is 13.8 Å². The Bertz CT molecular complexity index is 283. The van der Waals surface area contributed by atoms with Gasteiger partial charge in [0.15, 0.2) is 0 Å². The van der Waals surface area contributed by atoms with Gasteiger partial charge in [-0.2, -0.15) is 0 Å². The van der Waals surface area contributed by atoms with Gasteiger partial charge in [-0.15, -0.1) is 0 Å². The molecule has 0 amide bonds. The second-order valence-corrected chi connectivity index (χ2v) is 4.44. The van der Waals surface area contributed by atoms with Gasteiger partial charge in [-0.25, -0.2) is 4.79 Å². The first-order chi connectivity index (χ1) is 7.37. The second kappa shape index (κ2) is 6.84. The van der Waals surface area contributed by atoms with Crippen molar-refractivity contribution in [3.8, 4) is 0 Å². The van der Waals surface area contributed by atoms with Crippen LogP contribution in [0.5, 0.6) is 0 Å². The van der Waals surface area contributed by atoms with Crippen molar-refractivity contribution >= 4 is 14.2 Å². The minimum atomic E-state index is -3.01. The molecule has 1 atom stereocenters. The molecule has 1 unspecified atom stereocenters. The van der Waals surface area contributed by atoms with Crippen LogP contribution in [0.25, 0.3) is 0 Å². The Morgan fingerprint density at radius 1 is 1.44 bits per heavy atom. The maximum absolute atomic E-state index is 11.4. The number of ether oxygens (including phenoxy) is 1. The van der Waals surface area contributed by atoms with E-state index in [-0.39, 0.29) is 6.61 Å². The van der Waals surface area contributed by atoms with Gasteiger partial charge in [0.25, 0.3) is 0 Å². The molecule has 0 saturated heterocycles. The fourth-order valence-electron chi connectivity index (χ4n) is 1.10. The predicted molar refractivity (Wildman–Crippen MR) is 61.4 cm³/mol. The van der Waals surface area contributed by atoms with Gasteiger partial charge in [-0.05, 0) is 19.8 Å². The van der Waals surface area contributed by atoms with Crippen LogP contribution in [-0.4, -0.2) is 23.1 Å². The van der Waals surface area contributed by atoms with Gasteiger partial charge >= 0.3 is 14.2 Å². The summed E-state index contributed by atoms with van der Waals surface area (Å²) < 4.78 is 20.4. The van der Waals surface area contributed by atoms with Crippen molar-refractivity contribution in [2.75, 3.05) is 6.61 Å². The molecule has 0 aromatic rings. The first-order valence-corrected chi connectivity index (χ1v) is 6.38. The molecular weight excluding hydrogens is 231 g/mol. The van der Waals surface area contributed by atoms with E-state index >= 15 is 0 Å². The third kappa shape index (κ3) is 4.92. The zero-order chi connectivity index (χ0) is 12.8. The van der Waals surface area contributed by atoms with Crippen molar-refractivity contribution in [1.29, 1.82) is 0 Å². The number of esters is 1. The number of rotatable bonds is 7. The van der Waals surface area contributed by atoms with E-state index in [1.165, 1.54) is 0 Å². The molecule has 0 aliphatic carbocycles. The summed E-state index contributed by atoms with van der Waals surface area (Å²) in [6, 6.07) is 0. The number of hydrogen-bond acceptors (Lipinski definition) is 4. The first-order valence-electron chi connectivity index (χ1n) is 5.11. The summed E-state index contributed by atoms with van der Waals surface area (Å²) in [5.41, 5.74) is -0.554. The smallest absolute Gasteiger partial charge is 0.333 e. The Kier molecular flexibility index (Phi) is 6.56. The normalized spacial score (nSPS) is 13.2. The molecule has 16 heavy (non-hydrogen) atoms. The van der Waals surface area contributed by atoms with E-state index in [4.69, 9.17) is 9.63 Å². The molecule has 0 bridgehead atoms. The van der Waals surface area contributed by atoms with Gasteiger partial charge in [0.05, 0.1) is 6.61 Å². The SMILES string of the molecule is C=C(C)C(=O)OC(CC)(CC)CO[PH](=O)O. The van der Waals surface area contributed by atoms with E-state index in [9.17, 15) is 9.36 Å². The average Bonchev–Trinajstić information content (AvgIpc) is 2.23. The van der Waals surface area contributed by atoms with Crippen LogP contribution in [0, 0.1) is 0 Å². The Morgan fingerprint density at radius 3 is 2.25 bits per heavy atom. The van der Waals surface area contributed by atoms with Gasteiger partial charge in [-0.1, -0.05) is 20.4 Å². The highest BCUT2D eigenvalue weighted by Crippen LogP contribution is 2.27. The van der Waals surface area contributed by atoms with Crippen LogP contribution >= 0.6 is 8.25 Å². The quantitative estimate of drug-likeness (QED) is 0.425. The van der Waals surface area contributed by atoms with Crippen molar-refractivity contribution in [1.82, 2.24) is 0 Å². The zero-order valence-corrected chi connectivity index (χ0v) is 10.9. The van der Waals surface area contributed by atoms with Crippen molar-refractivity contribution in [2.24, 2.45) is 0 Å². The van der Waals surface area contributed by atoms with Crippen LogP contribution in [0.2, 0.25) is 0 Å². The van der Waals surface area contributed by atoms with Crippen LogP contribution in [0.3, 0.4) is 0 Å². The highest BCUT2D eigenvalue weighted by Gasteiger charge is 2.31. The Balaban J connectivity index is 4.61. The minimum absolute atomic E-state index is 0.0761. The topological polar surface area (TPSA) is 72.8 Å². The van der Waals surface area contributed by atoms with Crippen molar-refractivity contribution in [2.45, 2.75) is 39.2 Å². The lowest BCUT2D eigenvalue weighted by Crippen LogP contribution is -2.38. The van der Waals surface area contributed by atoms with E-state index in [2.05, 4.69) is 11.1 Å². The van der Waals surface area contributed by atoms with Gasteiger partial charge in [0.1, 0.15) is 5.60 Å². The molecule has 0 aliphatic heterocycles. The molecule has 0 saturated carbocycles. The van der Waals surface area contributed by atoms with Crippen molar-refractivity contribution < 1.29 is 23.5 Å². The van der Waals surface area contributed by atoms with E-state index in [1.54, 1.807) is 6.92 Å². The van der Waals surface area contributed by atoms with Crippen LogP contribution in [0.4, 0.5) is 0 Å². The third-order valence-corrected chi connectivity index (χ3v) is 2.80. The zero-order valence-electron chi connectivity index (χ0n) is 9.91. The molecule has 1 N–H and O–H groups in total. The van der Waals surface area contributed by atoms with E-state index in [0.29, 0.717) is 18.4 Å². The van der Waals surface area contributed by atoms with Gasteiger partial charge in [0.2, 0.25) is 0 Å². The lowest BCUT2D eigenvalue weighted by atomic mass is 9.98. The summed E-state index contributed by atoms with van der Waals surface area (Å²) in [5, 5.41) is 0. The number of carbonyl (C=O) groups is 1. The van der Waals surface area contributed by atoms with Crippen LogP contribution in [0.1, 0.15) is 33.6 Å². The summed E-state index contributed by atoms with van der Waals surface area (Å²) in [4.78, 5) is 20.0. The van der Waals surface area contributed by atoms with Crippen LogP contribution < -0.4 is 0 Å². The van der Waals surface area contributed by atoms with Gasteiger partial charge in [0, 0.05) is 5.57 Å². The molecule has 0 aromatic carbocycles. The molecule has 0 fully saturated rings. The van der Waals surface area contributed by atoms with E-state index in [0.717, 1.165) is 0 Å². The summed E-state index contributed by atoms with van der Waals surface area (Å²) in [5.74, 6) is -0.509. The van der Waals surface area contributed by atoms with Crippen LogP contribution in [0.15, 0.2) is 12.2 Å². The van der Waals surface area contributed by atoms with Crippen LogP contribution in [-0.2, 0) is 18.6 Å². The molecule has 6 heteroatoms. The monoisotopic (exact) mass is 250 g/mol. The fraction of sp³-hybridized carbons (Fsp3) is 0.700. The fourth-order valence-corrected chi connectivity index (χ4v) is 1.49. The summed E-state index contributed by atoms with van der Waals surface area (Å²) in [6.45, 7) is 8.61. The molecular formula is C10H19O5P.